The average molecular weight is 177 g/mol. The van der Waals surface area contributed by atoms with Gasteiger partial charge in [0.05, 0.1) is 13.2 Å². The number of fused-ring (bicyclic) bond motifs is 1. The van der Waals surface area contributed by atoms with Crippen LogP contribution in [0.2, 0.25) is 0 Å². The minimum Gasteiger partial charge on any atom is -0.376 e. The maximum absolute atomic E-state index is 5.39. The van der Waals surface area contributed by atoms with Gasteiger partial charge in [-0.15, -0.1) is 0 Å². The van der Waals surface area contributed by atoms with Gasteiger partial charge in [-0.1, -0.05) is 13.8 Å². The summed E-state index contributed by atoms with van der Waals surface area (Å²) in [4.78, 5) is 4.46. The van der Waals surface area contributed by atoms with Gasteiger partial charge < -0.3 is 4.74 Å². The van der Waals surface area contributed by atoms with Crippen LogP contribution in [0, 0.1) is 0 Å². The molecule has 1 aliphatic heterocycles. The topological polar surface area (TPSA) is 22.1 Å². The van der Waals surface area contributed by atoms with Crippen LogP contribution in [0.4, 0.5) is 0 Å². The fourth-order valence-electron chi connectivity index (χ4n) is 1.57. The van der Waals surface area contributed by atoms with Crippen LogP contribution >= 0.6 is 0 Å². The zero-order valence-electron chi connectivity index (χ0n) is 8.21. The summed E-state index contributed by atoms with van der Waals surface area (Å²) in [5.74, 6) is 0.555. The fraction of sp³-hybridized carbons (Fsp3) is 0.545. The Labute approximate surface area is 78.9 Å². The number of hydrogen-bond acceptors (Lipinski definition) is 2. The van der Waals surface area contributed by atoms with E-state index in [1.54, 1.807) is 0 Å². The lowest BCUT2D eigenvalue weighted by atomic mass is 10.0. The highest BCUT2D eigenvalue weighted by Gasteiger charge is 2.11. The Kier molecular flexibility index (Phi) is 2.32. The maximum atomic E-state index is 5.39. The van der Waals surface area contributed by atoms with E-state index in [-0.39, 0.29) is 0 Å². The molecule has 0 bridgehead atoms. The van der Waals surface area contributed by atoms with Crippen molar-refractivity contribution in [2.75, 3.05) is 6.61 Å². The van der Waals surface area contributed by atoms with Gasteiger partial charge in [-0.2, -0.15) is 0 Å². The summed E-state index contributed by atoms with van der Waals surface area (Å²) < 4.78 is 5.39. The lowest BCUT2D eigenvalue weighted by Gasteiger charge is -2.17. The first-order chi connectivity index (χ1) is 6.27. The van der Waals surface area contributed by atoms with Gasteiger partial charge in [-0.25, -0.2) is 0 Å². The van der Waals surface area contributed by atoms with E-state index in [0.717, 1.165) is 19.6 Å². The molecule has 0 spiro atoms. The van der Waals surface area contributed by atoms with E-state index in [0.29, 0.717) is 5.92 Å². The SMILES string of the molecule is CC(C)c1cnc2c(c1)COCC2. The van der Waals surface area contributed by atoms with Crippen molar-refractivity contribution in [2.24, 2.45) is 0 Å². The summed E-state index contributed by atoms with van der Waals surface area (Å²) in [6.45, 7) is 5.93. The van der Waals surface area contributed by atoms with Gasteiger partial charge in [-0.05, 0) is 23.1 Å². The van der Waals surface area contributed by atoms with Gasteiger partial charge in [0.25, 0.3) is 0 Å². The van der Waals surface area contributed by atoms with Crippen LogP contribution in [0.3, 0.4) is 0 Å². The second-order valence-electron chi connectivity index (χ2n) is 3.83. The van der Waals surface area contributed by atoms with Gasteiger partial charge in [0, 0.05) is 18.3 Å². The second-order valence-corrected chi connectivity index (χ2v) is 3.83. The Hall–Kier alpha value is -0.890. The number of rotatable bonds is 1. The number of pyridine rings is 1. The Bertz CT molecular complexity index is 307. The third kappa shape index (κ3) is 1.73. The van der Waals surface area contributed by atoms with Gasteiger partial charge in [0.2, 0.25) is 0 Å². The fourth-order valence-corrected chi connectivity index (χ4v) is 1.57. The quantitative estimate of drug-likeness (QED) is 0.656. The first-order valence-corrected chi connectivity index (χ1v) is 4.83. The highest BCUT2D eigenvalue weighted by Crippen LogP contribution is 2.20. The predicted molar refractivity (Wildman–Crippen MR) is 51.7 cm³/mol. The van der Waals surface area contributed by atoms with Gasteiger partial charge >= 0.3 is 0 Å². The first kappa shape index (κ1) is 8.70. The van der Waals surface area contributed by atoms with Crippen molar-refractivity contribution in [3.05, 3.63) is 29.1 Å². The summed E-state index contributed by atoms with van der Waals surface area (Å²) in [5.41, 5.74) is 3.80. The second kappa shape index (κ2) is 3.46. The Morgan fingerprint density at radius 2 is 2.31 bits per heavy atom. The third-order valence-electron chi connectivity index (χ3n) is 2.49. The van der Waals surface area contributed by atoms with E-state index in [2.05, 4.69) is 24.9 Å². The van der Waals surface area contributed by atoms with Crippen molar-refractivity contribution in [1.82, 2.24) is 4.98 Å². The molecule has 0 radical (unpaired) electrons. The van der Waals surface area contributed by atoms with Crippen LogP contribution in [0.1, 0.15) is 36.6 Å². The van der Waals surface area contributed by atoms with Crippen LogP contribution in [0.5, 0.6) is 0 Å². The highest BCUT2D eigenvalue weighted by atomic mass is 16.5. The number of ether oxygens (including phenoxy) is 1. The van der Waals surface area contributed by atoms with Crippen LogP contribution < -0.4 is 0 Å². The third-order valence-corrected chi connectivity index (χ3v) is 2.49. The normalized spacial score (nSPS) is 15.9. The molecule has 1 aromatic rings. The summed E-state index contributed by atoms with van der Waals surface area (Å²) in [5, 5.41) is 0. The molecule has 0 aliphatic carbocycles. The zero-order chi connectivity index (χ0) is 9.26. The molecule has 0 saturated heterocycles. The van der Waals surface area contributed by atoms with Gasteiger partial charge in [-0.3, -0.25) is 4.98 Å². The van der Waals surface area contributed by atoms with E-state index in [1.165, 1.54) is 16.8 Å². The molecule has 0 fully saturated rings. The van der Waals surface area contributed by atoms with Crippen LogP contribution in [-0.4, -0.2) is 11.6 Å². The highest BCUT2D eigenvalue weighted by molar-refractivity contribution is 5.27. The summed E-state index contributed by atoms with van der Waals surface area (Å²) in [7, 11) is 0. The zero-order valence-corrected chi connectivity index (χ0v) is 8.21. The molecule has 13 heavy (non-hydrogen) atoms. The summed E-state index contributed by atoms with van der Waals surface area (Å²) >= 11 is 0. The molecule has 2 heterocycles. The Balaban J connectivity index is 2.35. The maximum Gasteiger partial charge on any atom is 0.0734 e. The minimum absolute atomic E-state index is 0.555. The number of nitrogens with zero attached hydrogens (tertiary/aromatic N) is 1. The van der Waals surface area contributed by atoms with Crippen molar-refractivity contribution in [3.63, 3.8) is 0 Å². The molecule has 1 aliphatic rings. The molecule has 70 valence electrons. The smallest absolute Gasteiger partial charge is 0.0734 e. The molecule has 0 amide bonds. The van der Waals surface area contributed by atoms with Crippen molar-refractivity contribution in [1.29, 1.82) is 0 Å². The minimum atomic E-state index is 0.555. The summed E-state index contributed by atoms with van der Waals surface area (Å²) in [6.07, 6.45) is 2.96. The monoisotopic (exact) mass is 177 g/mol. The van der Waals surface area contributed by atoms with Crippen molar-refractivity contribution in [2.45, 2.75) is 32.8 Å². The van der Waals surface area contributed by atoms with Gasteiger partial charge in [0.1, 0.15) is 0 Å². The molecule has 0 atom stereocenters. The van der Waals surface area contributed by atoms with E-state index in [4.69, 9.17) is 4.74 Å². The molecule has 0 saturated carbocycles. The molecule has 0 unspecified atom stereocenters. The van der Waals surface area contributed by atoms with Gasteiger partial charge in [0.15, 0.2) is 0 Å². The molecule has 2 nitrogen and oxygen atoms in total. The molecule has 2 heteroatoms. The van der Waals surface area contributed by atoms with Crippen LogP contribution in [0.25, 0.3) is 0 Å². The van der Waals surface area contributed by atoms with E-state index >= 15 is 0 Å². The average Bonchev–Trinajstić information content (AvgIpc) is 2.17. The van der Waals surface area contributed by atoms with Crippen molar-refractivity contribution in [3.8, 4) is 0 Å². The molecule has 2 rings (SSSR count). The lowest BCUT2D eigenvalue weighted by Crippen LogP contribution is -2.12. The molecule has 0 aromatic carbocycles. The predicted octanol–water partition coefficient (Wildman–Crippen LogP) is 2.28. The molecule has 0 N–H and O–H groups in total. The molecular formula is C11H15NO. The molecule has 1 aromatic heterocycles. The Morgan fingerprint density at radius 1 is 1.46 bits per heavy atom. The van der Waals surface area contributed by atoms with Crippen LogP contribution in [0.15, 0.2) is 12.3 Å². The molecular weight excluding hydrogens is 162 g/mol. The first-order valence-electron chi connectivity index (χ1n) is 4.83. The van der Waals surface area contributed by atoms with E-state index < -0.39 is 0 Å². The van der Waals surface area contributed by atoms with E-state index in [9.17, 15) is 0 Å². The Morgan fingerprint density at radius 3 is 3.08 bits per heavy atom. The van der Waals surface area contributed by atoms with Crippen molar-refractivity contribution < 1.29 is 4.74 Å². The largest absolute Gasteiger partial charge is 0.376 e. The standard InChI is InChI=1S/C11H15NO/c1-8(2)9-5-10-7-13-4-3-11(10)12-6-9/h5-6,8H,3-4,7H2,1-2H3. The number of aromatic nitrogens is 1. The summed E-state index contributed by atoms with van der Waals surface area (Å²) in [6, 6.07) is 2.23. The van der Waals surface area contributed by atoms with Crippen molar-refractivity contribution >= 4 is 0 Å². The van der Waals surface area contributed by atoms with Crippen LogP contribution in [-0.2, 0) is 17.8 Å². The van der Waals surface area contributed by atoms with E-state index in [1.807, 2.05) is 6.20 Å². The lowest BCUT2D eigenvalue weighted by molar-refractivity contribution is 0.109. The number of hydrogen-bond donors (Lipinski definition) is 0.